The Balaban J connectivity index is 1.27. The third kappa shape index (κ3) is 7.50. The number of benzene rings is 2. The average molecular weight is 570 g/mol. The number of ether oxygens (including phenoxy) is 1. The lowest BCUT2D eigenvalue weighted by Gasteiger charge is -2.21. The molecule has 0 unspecified atom stereocenters. The Morgan fingerprint density at radius 3 is 2.25 bits per heavy atom. The van der Waals surface area contributed by atoms with Crippen molar-refractivity contribution in [3.63, 3.8) is 0 Å². The summed E-state index contributed by atoms with van der Waals surface area (Å²) >= 11 is 0. The molecular weight excluding hydrogens is 526 g/mol. The van der Waals surface area contributed by atoms with E-state index >= 15 is 0 Å². The number of rotatable bonds is 12. The molecule has 9 heteroatoms. The van der Waals surface area contributed by atoms with Gasteiger partial charge in [0.15, 0.2) is 0 Å². The van der Waals surface area contributed by atoms with Crippen molar-refractivity contribution in [2.24, 2.45) is 5.92 Å². The van der Waals surface area contributed by atoms with Crippen molar-refractivity contribution < 1.29 is 22.7 Å². The Bertz CT molecular complexity index is 1330. The summed E-state index contributed by atoms with van der Waals surface area (Å²) in [5.74, 6) is 1.05. The van der Waals surface area contributed by atoms with E-state index in [9.17, 15) is 18.0 Å². The molecule has 2 aliphatic rings. The second-order valence-corrected chi connectivity index (χ2v) is 13.5. The molecule has 1 amide bonds. The zero-order valence-electron chi connectivity index (χ0n) is 24.5. The Hall–Kier alpha value is -2.75. The fraction of sp³-hybridized carbons (Fsp3) is 0.548. The predicted octanol–water partition coefficient (Wildman–Crippen LogP) is 3.75. The molecule has 1 fully saturated rings. The quantitative estimate of drug-likeness (QED) is 0.387. The van der Waals surface area contributed by atoms with Crippen LogP contribution in [0.3, 0.4) is 0 Å². The van der Waals surface area contributed by atoms with E-state index in [-0.39, 0.29) is 36.0 Å². The number of hydrogen-bond acceptors (Lipinski definition) is 6. The second kappa shape index (κ2) is 12.8. The number of Topliss-reactive ketones (excluding diaryl/α,β-unsaturated/α-hetero) is 1. The highest BCUT2D eigenvalue weighted by atomic mass is 32.2. The number of aryl methyl sites for hydroxylation is 2. The maximum absolute atomic E-state index is 13.2. The zero-order valence-corrected chi connectivity index (χ0v) is 25.3. The van der Waals surface area contributed by atoms with E-state index in [1.165, 1.54) is 44.7 Å². The van der Waals surface area contributed by atoms with Crippen LogP contribution in [-0.2, 0) is 39.0 Å². The van der Waals surface area contributed by atoms with Gasteiger partial charge < -0.3 is 14.5 Å². The minimum absolute atomic E-state index is 0.00930. The highest BCUT2D eigenvalue weighted by molar-refractivity contribution is 7.89. The van der Waals surface area contributed by atoms with Crippen molar-refractivity contribution >= 4 is 21.7 Å². The number of nitrogens with zero attached hydrogens (tertiary/aromatic N) is 3. The first-order valence-corrected chi connectivity index (χ1v) is 15.6. The van der Waals surface area contributed by atoms with Gasteiger partial charge in [-0.25, -0.2) is 8.42 Å². The summed E-state index contributed by atoms with van der Waals surface area (Å²) in [4.78, 5) is 29.9. The summed E-state index contributed by atoms with van der Waals surface area (Å²) in [5, 5.41) is 0. The van der Waals surface area contributed by atoms with Crippen LogP contribution >= 0.6 is 0 Å². The van der Waals surface area contributed by atoms with Gasteiger partial charge in [0, 0.05) is 53.1 Å². The van der Waals surface area contributed by atoms with Gasteiger partial charge in [-0.05, 0) is 85.4 Å². The second-order valence-electron chi connectivity index (χ2n) is 11.5. The van der Waals surface area contributed by atoms with E-state index in [2.05, 4.69) is 23.1 Å². The third-order valence-electron chi connectivity index (χ3n) is 8.08. The molecule has 4 rings (SSSR count). The number of sulfonamides is 1. The maximum Gasteiger partial charge on any atom is 0.243 e. The van der Waals surface area contributed by atoms with E-state index < -0.39 is 10.0 Å². The first-order chi connectivity index (χ1) is 19.0. The molecule has 0 atom stereocenters. The van der Waals surface area contributed by atoms with Gasteiger partial charge >= 0.3 is 0 Å². The molecule has 2 aromatic carbocycles. The van der Waals surface area contributed by atoms with Gasteiger partial charge in [0.1, 0.15) is 11.5 Å². The zero-order chi connectivity index (χ0) is 29.0. The van der Waals surface area contributed by atoms with Gasteiger partial charge in [-0.15, -0.1) is 0 Å². The Kier molecular flexibility index (Phi) is 9.69. The van der Waals surface area contributed by atoms with Crippen LogP contribution in [-0.4, -0.2) is 81.6 Å². The van der Waals surface area contributed by atoms with Crippen molar-refractivity contribution in [1.82, 2.24) is 14.1 Å². The Morgan fingerprint density at radius 1 is 0.975 bits per heavy atom. The van der Waals surface area contributed by atoms with E-state index in [0.29, 0.717) is 23.4 Å². The minimum Gasteiger partial charge on any atom is -0.497 e. The molecule has 1 aliphatic heterocycles. The van der Waals surface area contributed by atoms with E-state index in [0.717, 1.165) is 41.7 Å². The molecule has 1 aliphatic carbocycles. The van der Waals surface area contributed by atoms with E-state index in [4.69, 9.17) is 4.74 Å². The minimum atomic E-state index is -3.87. The molecule has 0 N–H and O–H groups in total. The summed E-state index contributed by atoms with van der Waals surface area (Å²) in [6.07, 6.45) is 4.89. The fourth-order valence-electron chi connectivity index (χ4n) is 5.57. The van der Waals surface area contributed by atoms with Gasteiger partial charge in [0.25, 0.3) is 0 Å². The molecule has 2 aromatic rings. The fourth-order valence-corrected chi connectivity index (χ4v) is 7.13. The van der Waals surface area contributed by atoms with Crippen molar-refractivity contribution in [2.75, 3.05) is 47.4 Å². The number of likely N-dealkylation sites (N-methyl/N-ethyl adjacent to an activating group) is 1. The van der Waals surface area contributed by atoms with E-state index in [1.54, 1.807) is 37.9 Å². The normalized spacial score (nSPS) is 15.9. The van der Waals surface area contributed by atoms with Crippen LogP contribution in [0.2, 0.25) is 0 Å². The predicted molar refractivity (Wildman–Crippen MR) is 156 cm³/mol. The molecule has 0 spiro atoms. The largest absolute Gasteiger partial charge is 0.497 e. The number of methoxy groups -OCH3 is 1. The molecule has 0 bridgehead atoms. The van der Waals surface area contributed by atoms with Crippen molar-refractivity contribution in [3.05, 3.63) is 58.1 Å². The molecule has 1 saturated carbocycles. The van der Waals surface area contributed by atoms with Crippen LogP contribution in [0, 0.1) is 19.8 Å². The summed E-state index contributed by atoms with van der Waals surface area (Å²) in [6.45, 7) is 7.04. The van der Waals surface area contributed by atoms with E-state index in [1.807, 2.05) is 0 Å². The van der Waals surface area contributed by atoms with Gasteiger partial charge in [-0.2, -0.15) is 4.31 Å². The van der Waals surface area contributed by atoms with Crippen LogP contribution in [0.15, 0.2) is 35.2 Å². The molecule has 0 aromatic heterocycles. The summed E-state index contributed by atoms with van der Waals surface area (Å²) in [7, 11) is 0.805. The molecule has 1 heterocycles. The number of carbonyl (C=O) groups is 2. The van der Waals surface area contributed by atoms with Crippen LogP contribution in [0.4, 0.5) is 0 Å². The number of ketones is 1. The van der Waals surface area contributed by atoms with Crippen molar-refractivity contribution in [2.45, 2.75) is 63.8 Å². The number of hydrogen-bond donors (Lipinski definition) is 0. The molecule has 40 heavy (non-hydrogen) atoms. The summed E-state index contributed by atoms with van der Waals surface area (Å²) < 4.78 is 32.7. The van der Waals surface area contributed by atoms with Crippen LogP contribution in [0.1, 0.15) is 53.5 Å². The molecule has 218 valence electrons. The van der Waals surface area contributed by atoms with Crippen molar-refractivity contribution in [1.29, 1.82) is 0 Å². The maximum atomic E-state index is 13.2. The third-order valence-corrected chi connectivity index (χ3v) is 10.2. The molecular formula is C31H43N3O5S. The van der Waals surface area contributed by atoms with Gasteiger partial charge in [0.2, 0.25) is 15.9 Å². The number of fused-ring (bicyclic) bond motifs is 1. The SMILES string of the molecule is COc1cc(C)c(S(=O)(=O)N(C)CC(=O)CCC(=O)N(C)Cc2ccc3c(c2)CCN(CC2CC2)CC3)c(C)c1. The van der Waals surface area contributed by atoms with Crippen LogP contribution in [0.5, 0.6) is 5.75 Å². The Labute approximate surface area is 239 Å². The molecule has 0 radical (unpaired) electrons. The molecule has 8 nitrogen and oxygen atoms in total. The smallest absolute Gasteiger partial charge is 0.243 e. The molecule has 0 saturated heterocycles. The Morgan fingerprint density at radius 2 is 1.62 bits per heavy atom. The topological polar surface area (TPSA) is 87.2 Å². The highest BCUT2D eigenvalue weighted by Gasteiger charge is 2.28. The lowest BCUT2D eigenvalue weighted by molar-refractivity contribution is -0.132. The first kappa shape index (κ1) is 30.2. The van der Waals surface area contributed by atoms with Crippen molar-refractivity contribution in [3.8, 4) is 5.75 Å². The summed E-state index contributed by atoms with van der Waals surface area (Å²) in [5.41, 5.74) is 4.98. The monoisotopic (exact) mass is 569 g/mol. The summed E-state index contributed by atoms with van der Waals surface area (Å²) in [6, 6.07) is 9.87. The number of amides is 1. The van der Waals surface area contributed by atoms with Gasteiger partial charge in [-0.1, -0.05) is 18.2 Å². The lowest BCUT2D eigenvalue weighted by Crippen LogP contribution is -2.34. The average Bonchev–Trinajstić information content (AvgIpc) is 3.74. The number of carbonyl (C=O) groups excluding carboxylic acids is 2. The standard InChI is InChI=1S/C31H43N3O5S/c1-22-16-29(39-5)17-23(2)31(22)40(37,38)33(4)21-28(35)10-11-30(36)32(3)19-25-8-9-26-12-14-34(20-24-6-7-24)15-13-27(26)18-25/h8-9,16-18,24H,6-7,10-15,19-21H2,1-5H3. The lowest BCUT2D eigenvalue weighted by atomic mass is 10.00. The van der Waals surface area contributed by atoms with Gasteiger partial charge in [0.05, 0.1) is 18.6 Å². The van der Waals surface area contributed by atoms with Crippen LogP contribution in [0.25, 0.3) is 0 Å². The van der Waals surface area contributed by atoms with Gasteiger partial charge in [-0.3, -0.25) is 9.59 Å². The van der Waals surface area contributed by atoms with Crippen LogP contribution < -0.4 is 4.74 Å². The highest BCUT2D eigenvalue weighted by Crippen LogP contribution is 2.31. The first-order valence-electron chi connectivity index (χ1n) is 14.2.